The van der Waals surface area contributed by atoms with Crippen LogP contribution >= 0.6 is 31.9 Å². The van der Waals surface area contributed by atoms with Crippen LogP contribution in [-0.4, -0.2) is 4.92 Å². The number of rotatable bonds is 2. The molecule has 0 radical (unpaired) electrons. The molecule has 0 heterocycles. The van der Waals surface area contributed by atoms with Crippen molar-refractivity contribution in [3.8, 4) is 0 Å². The molecule has 0 amide bonds. The summed E-state index contributed by atoms with van der Waals surface area (Å²) >= 11 is 6.51. The number of hydrogen-bond donors (Lipinski definition) is 0. The third-order valence-corrected chi connectivity index (χ3v) is 2.73. The predicted octanol–water partition coefficient (Wildman–Crippen LogP) is 3.56. The molecule has 13 heavy (non-hydrogen) atoms. The highest BCUT2D eigenvalue weighted by Gasteiger charge is 2.16. The molecule has 5 heteroatoms. The van der Waals surface area contributed by atoms with Crippen molar-refractivity contribution in [2.45, 2.75) is 12.3 Å². The first-order chi connectivity index (χ1) is 6.06. The molecule has 0 bridgehead atoms. The zero-order valence-electron chi connectivity index (χ0n) is 6.88. The molecule has 70 valence electrons. The Balaban J connectivity index is 3.38. The summed E-state index contributed by atoms with van der Waals surface area (Å²) in [5, 5.41) is 11.2. The predicted molar refractivity (Wildman–Crippen MR) is 58.2 cm³/mol. The van der Waals surface area contributed by atoms with Gasteiger partial charge >= 0.3 is 0 Å². The molecule has 0 atom stereocenters. The number of benzene rings is 1. The van der Waals surface area contributed by atoms with E-state index in [1.54, 1.807) is 19.1 Å². The molecule has 0 aliphatic rings. The van der Waals surface area contributed by atoms with E-state index in [-0.39, 0.29) is 10.6 Å². The van der Waals surface area contributed by atoms with Gasteiger partial charge in [-0.05, 0) is 19.1 Å². The lowest BCUT2D eigenvalue weighted by Crippen LogP contribution is -1.96. The highest BCUT2D eigenvalue weighted by Crippen LogP contribution is 2.28. The summed E-state index contributed by atoms with van der Waals surface area (Å²) in [6, 6.07) is 3.49. The van der Waals surface area contributed by atoms with Crippen LogP contribution in [0.2, 0.25) is 0 Å². The average molecular weight is 309 g/mol. The van der Waals surface area contributed by atoms with Crippen LogP contribution in [0.15, 0.2) is 16.6 Å². The average Bonchev–Trinajstić information content (AvgIpc) is 2.01. The lowest BCUT2D eigenvalue weighted by Gasteiger charge is -2.03. The fourth-order valence-electron chi connectivity index (χ4n) is 1.17. The minimum absolute atomic E-state index is 0.195. The van der Waals surface area contributed by atoms with E-state index < -0.39 is 0 Å². The van der Waals surface area contributed by atoms with Gasteiger partial charge in [0, 0.05) is 20.9 Å². The highest BCUT2D eigenvalue weighted by molar-refractivity contribution is 9.10. The largest absolute Gasteiger partial charge is 0.276 e. The molecule has 0 saturated carbocycles. The van der Waals surface area contributed by atoms with E-state index in [9.17, 15) is 10.1 Å². The second-order valence-corrected chi connectivity index (χ2v) is 4.10. The van der Waals surface area contributed by atoms with Crippen molar-refractivity contribution in [1.29, 1.82) is 0 Å². The molecule has 3 nitrogen and oxygen atoms in total. The number of nitro benzene ring substituents is 1. The number of hydrogen-bond acceptors (Lipinski definition) is 2. The zero-order valence-corrected chi connectivity index (χ0v) is 10.1. The van der Waals surface area contributed by atoms with E-state index in [2.05, 4.69) is 31.9 Å². The Morgan fingerprint density at radius 3 is 2.62 bits per heavy atom. The maximum Gasteiger partial charge on any atom is 0.276 e. The quantitative estimate of drug-likeness (QED) is 0.476. The molecule has 0 spiro atoms. The highest BCUT2D eigenvalue weighted by atomic mass is 79.9. The second kappa shape index (κ2) is 4.19. The van der Waals surface area contributed by atoms with Gasteiger partial charge in [-0.15, -0.1) is 0 Å². The smallest absolute Gasteiger partial charge is 0.258 e. The molecular weight excluding hydrogens is 302 g/mol. The summed E-state index contributed by atoms with van der Waals surface area (Å²) in [6.07, 6.45) is 0. The van der Waals surface area contributed by atoms with Crippen molar-refractivity contribution < 1.29 is 4.92 Å². The van der Waals surface area contributed by atoms with Gasteiger partial charge < -0.3 is 0 Å². The second-order valence-electron chi connectivity index (χ2n) is 2.62. The molecule has 0 unspecified atom stereocenters. The molecular formula is C8H7Br2NO2. The molecule has 0 fully saturated rings. The van der Waals surface area contributed by atoms with E-state index in [1.165, 1.54) is 0 Å². The monoisotopic (exact) mass is 307 g/mol. The van der Waals surface area contributed by atoms with E-state index >= 15 is 0 Å². The Labute approximate surface area is 92.5 Å². The fraction of sp³-hybridized carbons (Fsp3) is 0.250. The molecule has 0 aromatic heterocycles. The van der Waals surface area contributed by atoms with Crippen LogP contribution in [0.1, 0.15) is 11.1 Å². The molecule has 0 N–H and O–H groups in total. The van der Waals surface area contributed by atoms with E-state index in [1.807, 2.05) is 0 Å². The van der Waals surface area contributed by atoms with Crippen LogP contribution in [0.25, 0.3) is 0 Å². The summed E-state index contributed by atoms with van der Waals surface area (Å²) in [6.45, 7) is 1.73. The topological polar surface area (TPSA) is 43.1 Å². The van der Waals surface area contributed by atoms with E-state index in [4.69, 9.17) is 0 Å². The maximum absolute atomic E-state index is 10.7. The lowest BCUT2D eigenvalue weighted by molar-refractivity contribution is -0.386. The normalized spacial score (nSPS) is 10.1. The minimum atomic E-state index is -0.349. The van der Waals surface area contributed by atoms with Crippen LogP contribution in [0, 0.1) is 17.0 Å². The number of nitrogens with zero attached hydrogens (tertiary/aromatic N) is 1. The zero-order chi connectivity index (χ0) is 10.0. The Kier molecular flexibility index (Phi) is 3.44. The van der Waals surface area contributed by atoms with Crippen LogP contribution in [0.5, 0.6) is 0 Å². The van der Waals surface area contributed by atoms with Gasteiger partial charge in [0.05, 0.1) is 4.92 Å². The molecule has 0 aliphatic heterocycles. The van der Waals surface area contributed by atoms with Gasteiger partial charge in [0.1, 0.15) is 0 Å². The Hall–Kier alpha value is -0.420. The first-order valence-corrected chi connectivity index (χ1v) is 5.47. The van der Waals surface area contributed by atoms with Crippen LogP contribution in [0.3, 0.4) is 0 Å². The van der Waals surface area contributed by atoms with Crippen molar-refractivity contribution in [2.24, 2.45) is 0 Å². The van der Waals surface area contributed by atoms with Gasteiger partial charge in [-0.2, -0.15) is 0 Å². The number of halogens is 2. The number of nitro groups is 1. The summed E-state index contributed by atoms with van der Waals surface area (Å²) in [7, 11) is 0. The van der Waals surface area contributed by atoms with Crippen LogP contribution in [-0.2, 0) is 5.33 Å². The van der Waals surface area contributed by atoms with Crippen molar-refractivity contribution in [3.63, 3.8) is 0 Å². The van der Waals surface area contributed by atoms with Gasteiger partial charge in [0.2, 0.25) is 0 Å². The van der Waals surface area contributed by atoms with Gasteiger partial charge in [-0.1, -0.05) is 31.9 Å². The number of aryl methyl sites for hydroxylation is 1. The SMILES string of the molecule is Cc1cc(Br)cc(CBr)c1[N+](=O)[O-]. The molecule has 1 aromatic carbocycles. The Morgan fingerprint density at radius 1 is 1.54 bits per heavy atom. The molecule has 0 saturated heterocycles. The summed E-state index contributed by atoms with van der Waals surface area (Å²) in [5.41, 5.74) is 1.56. The standard InChI is InChI=1S/C8H7Br2NO2/c1-5-2-7(10)3-6(4-9)8(5)11(12)13/h2-3H,4H2,1H3. The summed E-state index contributed by atoms with van der Waals surface area (Å²) in [4.78, 5) is 10.3. The van der Waals surface area contributed by atoms with Crippen molar-refractivity contribution in [1.82, 2.24) is 0 Å². The lowest BCUT2D eigenvalue weighted by atomic mass is 10.1. The third-order valence-electron chi connectivity index (χ3n) is 1.67. The van der Waals surface area contributed by atoms with E-state index in [0.717, 1.165) is 4.47 Å². The Morgan fingerprint density at radius 2 is 2.15 bits per heavy atom. The molecule has 0 aliphatic carbocycles. The maximum atomic E-state index is 10.7. The fourth-order valence-corrected chi connectivity index (χ4v) is 2.22. The third kappa shape index (κ3) is 2.28. The van der Waals surface area contributed by atoms with Crippen molar-refractivity contribution >= 4 is 37.5 Å². The van der Waals surface area contributed by atoms with Gasteiger partial charge in [-0.25, -0.2) is 0 Å². The van der Waals surface area contributed by atoms with Crippen LogP contribution in [0.4, 0.5) is 5.69 Å². The Bertz CT molecular complexity index is 352. The van der Waals surface area contributed by atoms with Crippen LogP contribution < -0.4 is 0 Å². The van der Waals surface area contributed by atoms with Gasteiger partial charge in [0.25, 0.3) is 5.69 Å². The van der Waals surface area contributed by atoms with Crippen molar-refractivity contribution in [3.05, 3.63) is 37.8 Å². The first-order valence-electron chi connectivity index (χ1n) is 3.55. The summed E-state index contributed by atoms with van der Waals surface area (Å²) < 4.78 is 0.866. The van der Waals surface area contributed by atoms with Crippen molar-refractivity contribution in [2.75, 3.05) is 0 Å². The van der Waals surface area contributed by atoms with E-state index in [0.29, 0.717) is 16.5 Å². The molecule has 1 aromatic rings. The minimum Gasteiger partial charge on any atom is -0.258 e. The number of alkyl halides is 1. The van der Waals surface area contributed by atoms with Gasteiger partial charge in [-0.3, -0.25) is 10.1 Å². The first kappa shape index (κ1) is 10.7. The molecule has 1 rings (SSSR count). The van der Waals surface area contributed by atoms with Gasteiger partial charge in [0.15, 0.2) is 0 Å². The summed E-state index contributed by atoms with van der Waals surface area (Å²) in [5.74, 6) is 0.